The van der Waals surface area contributed by atoms with Gasteiger partial charge in [0.1, 0.15) is 5.58 Å². The quantitative estimate of drug-likeness (QED) is 0.304. The molecular formula is C27H30BrNO6. The summed E-state index contributed by atoms with van der Waals surface area (Å²) in [4.78, 5) is 28.9. The number of ether oxygens (including phenoxy) is 3. The van der Waals surface area contributed by atoms with Gasteiger partial charge < -0.3 is 23.5 Å². The van der Waals surface area contributed by atoms with E-state index in [2.05, 4.69) is 15.9 Å². The van der Waals surface area contributed by atoms with E-state index >= 15 is 0 Å². The van der Waals surface area contributed by atoms with Crippen LogP contribution in [0.2, 0.25) is 0 Å². The topological polar surface area (TPSA) is 78.2 Å². The molecule has 1 aliphatic heterocycles. The first-order valence-corrected chi connectivity index (χ1v) is 12.7. The molecule has 1 amide bonds. The van der Waals surface area contributed by atoms with Crippen LogP contribution >= 0.6 is 15.9 Å². The predicted octanol–water partition coefficient (Wildman–Crippen LogP) is 5.71. The summed E-state index contributed by atoms with van der Waals surface area (Å²) in [6.45, 7) is 9.63. The molecule has 1 atom stereocenters. The lowest BCUT2D eigenvalue weighted by Gasteiger charge is -2.26. The van der Waals surface area contributed by atoms with Crippen molar-refractivity contribution in [2.45, 2.75) is 46.3 Å². The minimum atomic E-state index is -0.605. The van der Waals surface area contributed by atoms with Gasteiger partial charge >= 0.3 is 0 Å². The fraction of sp³-hybridized carbons (Fsp3) is 0.407. The van der Waals surface area contributed by atoms with Crippen molar-refractivity contribution in [3.63, 3.8) is 0 Å². The van der Waals surface area contributed by atoms with Crippen molar-refractivity contribution in [2.75, 3.05) is 26.4 Å². The molecule has 7 nitrogen and oxygen atoms in total. The number of hydrogen-bond donors (Lipinski definition) is 0. The van der Waals surface area contributed by atoms with Gasteiger partial charge in [0.15, 0.2) is 16.9 Å². The molecule has 0 N–H and O–H groups in total. The zero-order valence-corrected chi connectivity index (χ0v) is 22.0. The second-order valence-electron chi connectivity index (χ2n) is 8.56. The second-order valence-corrected chi connectivity index (χ2v) is 9.48. The Hall–Kier alpha value is -2.84. The van der Waals surface area contributed by atoms with Crippen LogP contribution in [-0.2, 0) is 4.74 Å². The summed E-state index contributed by atoms with van der Waals surface area (Å²) in [6.07, 6.45) is 0.729. The highest BCUT2D eigenvalue weighted by Gasteiger charge is 2.42. The van der Waals surface area contributed by atoms with E-state index in [4.69, 9.17) is 18.6 Å². The highest BCUT2D eigenvalue weighted by Crippen LogP contribution is 2.41. The van der Waals surface area contributed by atoms with E-state index in [1.165, 1.54) is 0 Å². The maximum Gasteiger partial charge on any atom is 0.290 e. The van der Waals surface area contributed by atoms with Crippen molar-refractivity contribution in [3.05, 3.63) is 68.0 Å². The molecule has 0 saturated heterocycles. The van der Waals surface area contributed by atoms with Gasteiger partial charge in [0, 0.05) is 17.6 Å². The molecule has 1 aliphatic rings. The average molecular weight is 544 g/mol. The standard InChI is InChI=1S/C27H30BrNO6/c1-5-32-21-10-8-17(14-22(21)33-6-2)24-23-25(30)19-15-18(28)9-11-20(19)35-26(23)27(31)29(24)12-7-13-34-16(3)4/h8-11,14-16,24H,5-7,12-13H2,1-4H3. The summed E-state index contributed by atoms with van der Waals surface area (Å²) < 4.78 is 24.0. The van der Waals surface area contributed by atoms with Gasteiger partial charge in [0.2, 0.25) is 5.76 Å². The maximum atomic E-state index is 13.7. The summed E-state index contributed by atoms with van der Waals surface area (Å²) in [7, 11) is 0. The number of carbonyl (C=O) groups excluding carboxylic acids is 1. The summed E-state index contributed by atoms with van der Waals surface area (Å²) in [6, 6.07) is 10.2. The van der Waals surface area contributed by atoms with E-state index in [1.807, 2.05) is 45.9 Å². The van der Waals surface area contributed by atoms with Crippen molar-refractivity contribution in [2.24, 2.45) is 0 Å². The van der Waals surface area contributed by atoms with Crippen molar-refractivity contribution in [3.8, 4) is 11.5 Å². The third-order valence-electron chi connectivity index (χ3n) is 5.81. The van der Waals surface area contributed by atoms with E-state index in [0.29, 0.717) is 60.8 Å². The van der Waals surface area contributed by atoms with Crippen LogP contribution in [0.25, 0.3) is 11.0 Å². The van der Waals surface area contributed by atoms with Crippen LogP contribution in [-0.4, -0.2) is 43.3 Å². The Labute approximate surface area is 213 Å². The number of halogens is 1. The lowest BCUT2D eigenvalue weighted by atomic mass is 9.98. The van der Waals surface area contributed by atoms with E-state index in [9.17, 15) is 9.59 Å². The molecule has 2 aromatic carbocycles. The fourth-order valence-electron chi connectivity index (χ4n) is 4.36. The Bertz CT molecular complexity index is 1280. The third-order valence-corrected chi connectivity index (χ3v) is 6.30. The van der Waals surface area contributed by atoms with E-state index < -0.39 is 6.04 Å². The molecule has 35 heavy (non-hydrogen) atoms. The Balaban J connectivity index is 1.84. The smallest absolute Gasteiger partial charge is 0.290 e. The molecule has 0 fully saturated rings. The van der Waals surface area contributed by atoms with Gasteiger partial charge in [-0.15, -0.1) is 0 Å². The Morgan fingerprint density at radius 1 is 1.03 bits per heavy atom. The predicted molar refractivity (Wildman–Crippen MR) is 138 cm³/mol. The Kier molecular flexibility index (Phi) is 7.82. The molecule has 0 saturated carbocycles. The van der Waals surface area contributed by atoms with Crippen LogP contribution in [0.15, 0.2) is 50.1 Å². The molecule has 0 spiro atoms. The average Bonchev–Trinajstić information content (AvgIpc) is 3.10. The van der Waals surface area contributed by atoms with Gasteiger partial charge in [-0.05, 0) is 70.0 Å². The molecule has 1 aromatic heterocycles. The van der Waals surface area contributed by atoms with E-state index in [0.717, 1.165) is 10.0 Å². The van der Waals surface area contributed by atoms with Gasteiger partial charge in [-0.1, -0.05) is 22.0 Å². The number of fused-ring (bicyclic) bond motifs is 2. The fourth-order valence-corrected chi connectivity index (χ4v) is 4.72. The van der Waals surface area contributed by atoms with Crippen LogP contribution in [0.3, 0.4) is 0 Å². The number of carbonyl (C=O) groups is 1. The molecule has 1 unspecified atom stereocenters. The molecule has 0 radical (unpaired) electrons. The number of rotatable bonds is 10. The first-order valence-electron chi connectivity index (χ1n) is 11.9. The van der Waals surface area contributed by atoms with Crippen molar-refractivity contribution in [1.82, 2.24) is 4.90 Å². The number of nitrogens with zero attached hydrogens (tertiary/aromatic N) is 1. The minimum Gasteiger partial charge on any atom is -0.490 e. The molecule has 3 aromatic rings. The number of benzene rings is 2. The van der Waals surface area contributed by atoms with Crippen LogP contribution < -0.4 is 14.9 Å². The van der Waals surface area contributed by atoms with E-state index in [1.54, 1.807) is 23.1 Å². The largest absolute Gasteiger partial charge is 0.490 e. The van der Waals surface area contributed by atoms with Gasteiger partial charge in [0.25, 0.3) is 5.91 Å². The lowest BCUT2D eigenvalue weighted by molar-refractivity contribution is 0.0593. The zero-order valence-electron chi connectivity index (χ0n) is 20.4. The molecular weight excluding hydrogens is 514 g/mol. The molecule has 2 heterocycles. The summed E-state index contributed by atoms with van der Waals surface area (Å²) in [5.41, 5.74) is 1.27. The summed E-state index contributed by atoms with van der Waals surface area (Å²) >= 11 is 3.43. The van der Waals surface area contributed by atoms with E-state index in [-0.39, 0.29) is 23.2 Å². The summed E-state index contributed by atoms with van der Waals surface area (Å²) in [5, 5.41) is 0.428. The first kappa shape index (κ1) is 25.3. The van der Waals surface area contributed by atoms with Gasteiger partial charge in [0.05, 0.1) is 36.3 Å². The summed E-state index contributed by atoms with van der Waals surface area (Å²) in [5.74, 6) is 0.979. The normalized spacial score (nSPS) is 15.2. The van der Waals surface area contributed by atoms with Crippen molar-refractivity contribution < 1.29 is 23.4 Å². The van der Waals surface area contributed by atoms with Crippen LogP contribution in [0.1, 0.15) is 61.8 Å². The van der Waals surface area contributed by atoms with Crippen LogP contribution in [0, 0.1) is 0 Å². The molecule has 0 aliphatic carbocycles. The Morgan fingerprint density at radius 2 is 1.77 bits per heavy atom. The SMILES string of the molecule is CCOc1ccc(C2c3c(oc4ccc(Br)cc4c3=O)C(=O)N2CCCOC(C)C)cc1OCC. The number of hydrogen-bond acceptors (Lipinski definition) is 6. The second kappa shape index (κ2) is 10.8. The number of amides is 1. The highest BCUT2D eigenvalue weighted by atomic mass is 79.9. The Morgan fingerprint density at radius 3 is 2.49 bits per heavy atom. The van der Waals surface area contributed by atoms with Crippen molar-refractivity contribution >= 4 is 32.8 Å². The molecule has 0 bridgehead atoms. The zero-order chi connectivity index (χ0) is 25.1. The van der Waals surface area contributed by atoms with Gasteiger partial charge in [-0.3, -0.25) is 9.59 Å². The van der Waals surface area contributed by atoms with Gasteiger partial charge in [-0.2, -0.15) is 0 Å². The molecule has 186 valence electrons. The monoisotopic (exact) mass is 543 g/mol. The third kappa shape index (κ3) is 5.09. The lowest BCUT2D eigenvalue weighted by Crippen LogP contribution is -2.31. The first-order chi connectivity index (χ1) is 16.8. The van der Waals surface area contributed by atoms with Crippen LogP contribution in [0.5, 0.6) is 11.5 Å². The maximum absolute atomic E-state index is 13.7. The minimum absolute atomic E-state index is 0.0893. The highest BCUT2D eigenvalue weighted by molar-refractivity contribution is 9.10. The molecule has 4 rings (SSSR count). The van der Waals surface area contributed by atoms with Gasteiger partial charge in [-0.25, -0.2) is 0 Å². The van der Waals surface area contributed by atoms with Crippen LogP contribution in [0.4, 0.5) is 0 Å². The van der Waals surface area contributed by atoms with Crippen molar-refractivity contribution in [1.29, 1.82) is 0 Å². The molecule has 8 heteroatoms.